The average Bonchev–Trinajstić information content (AvgIpc) is 2.53. The zero-order chi connectivity index (χ0) is 17.8. The lowest BCUT2D eigenvalue weighted by molar-refractivity contribution is 0.398. The fourth-order valence-electron chi connectivity index (χ4n) is 2.44. The van der Waals surface area contributed by atoms with Gasteiger partial charge in [0.25, 0.3) is 0 Å². The van der Waals surface area contributed by atoms with E-state index < -0.39 is 15.6 Å². The standard InChI is InChI=1S/C19H26N2O2S/c1-15-10-12-18(13-11-15)24(22,23)21-19(3,4)14-20-16(2)17-8-6-5-7-9-17/h5-13,16,20-21H,14H2,1-4H3. The SMILES string of the molecule is Cc1ccc(S(=O)(=O)NC(C)(C)CNC(C)c2ccccc2)cc1. The van der Waals surface area contributed by atoms with Crippen molar-refractivity contribution in [1.29, 1.82) is 0 Å². The molecule has 0 aliphatic carbocycles. The Bertz CT molecular complexity index is 754. The highest BCUT2D eigenvalue weighted by molar-refractivity contribution is 7.89. The molecule has 0 radical (unpaired) electrons. The molecule has 0 saturated heterocycles. The van der Waals surface area contributed by atoms with Gasteiger partial charge in [-0.05, 0) is 45.4 Å². The molecule has 4 nitrogen and oxygen atoms in total. The molecule has 0 amide bonds. The van der Waals surface area contributed by atoms with Crippen LogP contribution in [0.2, 0.25) is 0 Å². The third-order valence-electron chi connectivity index (χ3n) is 3.89. The van der Waals surface area contributed by atoms with Gasteiger partial charge < -0.3 is 5.32 Å². The van der Waals surface area contributed by atoms with Gasteiger partial charge in [-0.3, -0.25) is 0 Å². The first-order chi connectivity index (χ1) is 11.2. The molecular weight excluding hydrogens is 320 g/mol. The highest BCUT2D eigenvalue weighted by Crippen LogP contribution is 2.16. The first-order valence-electron chi connectivity index (χ1n) is 8.09. The van der Waals surface area contributed by atoms with Gasteiger partial charge in [-0.25, -0.2) is 13.1 Å². The Labute approximate surface area is 145 Å². The van der Waals surface area contributed by atoms with Crippen LogP contribution in [-0.4, -0.2) is 20.5 Å². The lowest BCUT2D eigenvalue weighted by atomic mass is 10.0. The molecule has 130 valence electrons. The lowest BCUT2D eigenvalue weighted by Crippen LogP contribution is -2.50. The van der Waals surface area contributed by atoms with Gasteiger partial charge in [0, 0.05) is 18.1 Å². The summed E-state index contributed by atoms with van der Waals surface area (Å²) in [6.07, 6.45) is 0. The van der Waals surface area contributed by atoms with Crippen molar-refractivity contribution in [3.05, 3.63) is 65.7 Å². The summed E-state index contributed by atoms with van der Waals surface area (Å²) in [6, 6.07) is 17.1. The van der Waals surface area contributed by atoms with Crippen LogP contribution in [0.25, 0.3) is 0 Å². The molecule has 24 heavy (non-hydrogen) atoms. The van der Waals surface area contributed by atoms with Gasteiger partial charge in [-0.15, -0.1) is 0 Å². The van der Waals surface area contributed by atoms with Crippen LogP contribution in [0.15, 0.2) is 59.5 Å². The van der Waals surface area contributed by atoms with Crippen molar-refractivity contribution < 1.29 is 8.42 Å². The van der Waals surface area contributed by atoms with Crippen molar-refractivity contribution in [2.24, 2.45) is 0 Å². The number of aryl methyl sites for hydroxylation is 1. The largest absolute Gasteiger partial charge is 0.308 e. The molecule has 0 aliphatic rings. The van der Waals surface area contributed by atoms with Gasteiger partial charge in [-0.2, -0.15) is 0 Å². The van der Waals surface area contributed by atoms with E-state index >= 15 is 0 Å². The maximum atomic E-state index is 12.5. The van der Waals surface area contributed by atoms with Crippen LogP contribution < -0.4 is 10.0 Å². The molecule has 0 saturated carbocycles. The number of nitrogens with one attached hydrogen (secondary N) is 2. The monoisotopic (exact) mass is 346 g/mol. The zero-order valence-electron chi connectivity index (χ0n) is 14.7. The maximum Gasteiger partial charge on any atom is 0.241 e. The number of hydrogen-bond donors (Lipinski definition) is 2. The molecular formula is C19H26N2O2S. The van der Waals surface area contributed by atoms with E-state index in [4.69, 9.17) is 0 Å². The molecule has 2 N–H and O–H groups in total. The summed E-state index contributed by atoms with van der Waals surface area (Å²) >= 11 is 0. The molecule has 5 heteroatoms. The van der Waals surface area contributed by atoms with Crippen LogP contribution >= 0.6 is 0 Å². The predicted octanol–water partition coefficient (Wildman–Crippen LogP) is 3.40. The van der Waals surface area contributed by atoms with E-state index in [-0.39, 0.29) is 10.9 Å². The van der Waals surface area contributed by atoms with Gasteiger partial charge in [-0.1, -0.05) is 48.0 Å². The van der Waals surface area contributed by atoms with E-state index in [9.17, 15) is 8.42 Å². The minimum atomic E-state index is -3.54. The minimum absolute atomic E-state index is 0.148. The Kier molecular flexibility index (Phi) is 5.80. The summed E-state index contributed by atoms with van der Waals surface area (Å²) < 4.78 is 27.9. The third-order valence-corrected chi connectivity index (χ3v) is 5.61. The summed E-state index contributed by atoms with van der Waals surface area (Å²) in [5, 5.41) is 3.40. The Morgan fingerprint density at radius 3 is 2.17 bits per heavy atom. The van der Waals surface area contributed by atoms with Gasteiger partial charge in [0.15, 0.2) is 0 Å². The minimum Gasteiger partial charge on any atom is -0.308 e. The summed E-state index contributed by atoms with van der Waals surface area (Å²) in [5.41, 5.74) is 1.61. The highest BCUT2D eigenvalue weighted by Gasteiger charge is 2.26. The highest BCUT2D eigenvalue weighted by atomic mass is 32.2. The molecule has 1 atom stereocenters. The molecule has 0 fully saturated rings. The molecule has 2 rings (SSSR count). The second-order valence-electron chi connectivity index (χ2n) is 6.82. The lowest BCUT2D eigenvalue weighted by Gasteiger charge is -2.28. The predicted molar refractivity (Wildman–Crippen MR) is 98.4 cm³/mol. The normalized spacial score (nSPS) is 13.7. The second kappa shape index (κ2) is 7.47. The summed E-state index contributed by atoms with van der Waals surface area (Å²) in [7, 11) is -3.54. The van der Waals surface area contributed by atoms with Gasteiger partial charge in [0.2, 0.25) is 10.0 Å². The zero-order valence-corrected chi connectivity index (χ0v) is 15.5. The maximum absolute atomic E-state index is 12.5. The van der Waals surface area contributed by atoms with E-state index in [2.05, 4.69) is 29.1 Å². The molecule has 2 aromatic carbocycles. The van der Waals surface area contributed by atoms with E-state index in [1.807, 2.05) is 39.0 Å². The smallest absolute Gasteiger partial charge is 0.241 e. The van der Waals surface area contributed by atoms with Crippen molar-refractivity contribution in [1.82, 2.24) is 10.0 Å². The first kappa shape index (κ1) is 18.6. The molecule has 0 spiro atoms. The second-order valence-corrected chi connectivity index (χ2v) is 8.50. The molecule has 0 heterocycles. The number of rotatable bonds is 7. The van der Waals surface area contributed by atoms with E-state index in [0.29, 0.717) is 6.54 Å². The van der Waals surface area contributed by atoms with Gasteiger partial charge >= 0.3 is 0 Å². The fourth-order valence-corrected chi connectivity index (χ4v) is 3.86. The average molecular weight is 346 g/mol. The van der Waals surface area contributed by atoms with E-state index in [0.717, 1.165) is 5.56 Å². The summed E-state index contributed by atoms with van der Waals surface area (Å²) in [6.45, 7) is 8.28. The molecule has 0 aliphatic heterocycles. The molecule has 1 unspecified atom stereocenters. The van der Waals surface area contributed by atoms with Crippen molar-refractivity contribution in [2.75, 3.05) is 6.54 Å². The molecule has 2 aromatic rings. The fraction of sp³-hybridized carbons (Fsp3) is 0.368. The summed E-state index contributed by atoms with van der Waals surface area (Å²) in [4.78, 5) is 0.289. The van der Waals surface area contributed by atoms with Crippen LogP contribution in [-0.2, 0) is 10.0 Å². The van der Waals surface area contributed by atoms with Gasteiger partial charge in [0.1, 0.15) is 0 Å². The molecule has 0 aromatic heterocycles. The Balaban J connectivity index is 2.01. The third kappa shape index (κ3) is 5.16. The van der Waals surface area contributed by atoms with Crippen LogP contribution in [0.3, 0.4) is 0 Å². The van der Waals surface area contributed by atoms with Crippen LogP contribution in [0.5, 0.6) is 0 Å². The topological polar surface area (TPSA) is 58.2 Å². The van der Waals surface area contributed by atoms with Crippen LogP contribution in [0.1, 0.15) is 37.9 Å². The number of sulfonamides is 1. The first-order valence-corrected chi connectivity index (χ1v) is 9.57. The van der Waals surface area contributed by atoms with Crippen molar-refractivity contribution >= 4 is 10.0 Å². The van der Waals surface area contributed by atoms with Crippen LogP contribution in [0.4, 0.5) is 0 Å². The molecule has 0 bridgehead atoms. The van der Waals surface area contributed by atoms with Crippen molar-refractivity contribution in [3.8, 4) is 0 Å². The quantitative estimate of drug-likeness (QED) is 0.808. The van der Waals surface area contributed by atoms with Crippen molar-refractivity contribution in [3.63, 3.8) is 0 Å². The summed E-state index contributed by atoms with van der Waals surface area (Å²) in [5.74, 6) is 0. The number of benzene rings is 2. The van der Waals surface area contributed by atoms with Crippen LogP contribution in [0, 0.1) is 6.92 Å². The Morgan fingerprint density at radius 2 is 1.58 bits per heavy atom. The Hall–Kier alpha value is -1.69. The van der Waals surface area contributed by atoms with Gasteiger partial charge in [0.05, 0.1) is 4.90 Å². The van der Waals surface area contributed by atoms with E-state index in [1.165, 1.54) is 5.56 Å². The van der Waals surface area contributed by atoms with Crippen molar-refractivity contribution in [2.45, 2.75) is 44.2 Å². The Morgan fingerprint density at radius 1 is 1.00 bits per heavy atom. The number of hydrogen-bond acceptors (Lipinski definition) is 3. The van der Waals surface area contributed by atoms with E-state index in [1.54, 1.807) is 24.3 Å².